The third-order valence-electron chi connectivity index (χ3n) is 4.50. The molecule has 25 heavy (non-hydrogen) atoms. The van der Waals surface area contributed by atoms with Gasteiger partial charge in [0.15, 0.2) is 0 Å². The summed E-state index contributed by atoms with van der Waals surface area (Å²) in [6.07, 6.45) is 5.19. The molecule has 0 bridgehead atoms. The van der Waals surface area contributed by atoms with Gasteiger partial charge in [0.1, 0.15) is 18.7 Å². The molecular formula is C19H19N5O. The zero-order valence-electron chi connectivity index (χ0n) is 13.7. The SMILES string of the molecule is O=C(Nc1ccc(-n2cnnc2)cc1)C1CCCN1c1ccccc1. The molecule has 1 fully saturated rings. The van der Waals surface area contributed by atoms with E-state index in [9.17, 15) is 4.79 Å². The number of nitrogens with zero attached hydrogens (tertiary/aromatic N) is 4. The van der Waals surface area contributed by atoms with Crippen molar-refractivity contribution in [1.82, 2.24) is 14.8 Å². The number of para-hydroxylation sites is 1. The minimum Gasteiger partial charge on any atom is -0.360 e. The third-order valence-corrected chi connectivity index (χ3v) is 4.50. The Labute approximate surface area is 146 Å². The summed E-state index contributed by atoms with van der Waals surface area (Å²) in [5.41, 5.74) is 2.85. The van der Waals surface area contributed by atoms with Gasteiger partial charge in [-0.15, -0.1) is 10.2 Å². The first-order valence-electron chi connectivity index (χ1n) is 8.39. The monoisotopic (exact) mass is 333 g/mol. The molecule has 2 aromatic carbocycles. The summed E-state index contributed by atoms with van der Waals surface area (Å²) >= 11 is 0. The van der Waals surface area contributed by atoms with Gasteiger partial charge in [-0.3, -0.25) is 9.36 Å². The Hall–Kier alpha value is -3.15. The van der Waals surface area contributed by atoms with E-state index in [2.05, 4.69) is 32.5 Å². The fourth-order valence-corrected chi connectivity index (χ4v) is 3.24. The third kappa shape index (κ3) is 3.24. The molecule has 3 aromatic rings. The van der Waals surface area contributed by atoms with Crippen molar-refractivity contribution in [2.45, 2.75) is 18.9 Å². The van der Waals surface area contributed by atoms with Crippen LogP contribution in [0.1, 0.15) is 12.8 Å². The minimum absolute atomic E-state index is 0.0402. The number of carbonyl (C=O) groups excluding carboxylic acids is 1. The summed E-state index contributed by atoms with van der Waals surface area (Å²) in [6.45, 7) is 0.911. The van der Waals surface area contributed by atoms with Gasteiger partial charge in [0.25, 0.3) is 0 Å². The highest BCUT2D eigenvalue weighted by Crippen LogP contribution is 2.26. The van der Waals surface area contributed by atoms with Crippen LogP contribution in [0.25, 0.3) is 5.69 Å². The predicted molar refractivity (Wildman–Crippen MR) is 96.8 cm³/mol. The number of anilines is 2. The van der Waals surface area contributed by atoms with Crippen molar-refractivity contribution in [2.24, 2.45) is 0 Å². The number of amides is 1. The maximum Gasteiger partial charge on any atom is 0.247 e. The van der Waals surface area contributed by atoms with Crippen LogP contribution in [0.3, 0.4) is 0 Å². The number of nitrogens with one attached hydrogen (secondary N) is 1. The van der Waals surface area contributed by atoms with Gasteiger partial charge in [-0.05, 0) is 49.2 Å². The summed E-state index contributed by atoms with van der Waals surface area (Å²) in [5, 5.41) is 10.6. The van der Waals surface area contributed by atoms with Gasteiger partial charge in [0.2, 0.25) is 5.91 Å². The topological polar surface area (TPSA) is 63.1 Å². The van der Waals surface area contributed by atoms with Crippen molar-refractivity contribution >= 4 is 17.3 Å². The Morgan fingerprint density at radius 1 is 0.960 bits per heavy atom. The molecule has 1 N–H and O–H groups in total. The van der Waals surface area contributed by atoms with Gasteiger partial charge in [-0.25, -0.2) is 0 Å². The summed E-state index contributed by atoms with van der Waals surface area (Å²) < 4.78 is 1.82. The van der Waals surface area contributed by atoms with Crippen LogP contribution >= 0.6 is 0 Å². The number of hydrogen-bond acceptors (Lipinski definition) is 4. The molecule has 126 valence electrons. The summed E-state index contributed by atoms with van der Waals surface area (Å²) in [6, 6.07) is 17.7. The lowest BCUT2D eigenvalue weighted by Gasteiger charge is -2.26. The zero-order valence-corrected chi connectivity index (χ0v) is 13.7. The van der Waals surface area contributed by atoms with E-state index in [-0.39, 0.29) is 11.9 Å². The summed E-state index contributed by atoms with van der Waals surface area (Å²) in [4.78, 5) is 14.9. The molecule has 1 atom stereocenters. The fourth-order valence-electron chi connectivity index (χ4n) is 3.24. The van der Waals surface area contributed by atoms with Gasteiger partial charge < -0.3 is 10.2 Å². The Morgan fingerprint density at radius 3 is 2.40 bits per heavy atom. The maximum absolute atomic E-state index is 12.7. The lowest BCUT2D eigenvalue weighted by Crippen LogP contribution is -2.39. The smallest absolute Gasteiger partial charge is 0.247 e. The Balaban J connectivity index is 1.46. The molecule has 1 aromatic heterocycles. The van der Waals surface area contributed by atoms with E-state index < -0.39 is 0 Å². The lowest BCUT2D eigenvalue weighted by atomic mass is 10.2. The molecule has 1 unspecified atom stereocenters. The van der Waals surface area contributed by atoms with Crippen molar-refractivity contribution < 1.29 is 4.79 Å². The van der Waals surface area contributed by atoms with Crippen LogP contribution in [0, 0.1) is 0 Å². The van der Waals surface area contributed by atoms with E-state index in [0.717, 1.165) is 36.4 Å². The second-order valence-electron chi connectivity index (χ2n) is 6.09. The molecular weight excluding hydrogens is 314 g/mol. The number of hydrogen-bond donors (Lipinski definition) is 1. The Morgan fingerprint density at radius 2 is 1.68 bits per heavy atom. The Bertz CT molecular complexity index is 830. The van der Waals surface area contributed by atoms with Crippen LogP contribution in [0.2, 0.25) is 0 Å². The number of carbonyl (C=O) groups is 1. The molecule has 6 nitrogen and oxygen atoms in total. The van der Waals surface area contributed by atoms with Gasteiger partial charge in [0, 0.05) is 23.6 Å². The summed E-state index contributed by atoms with van der Waals surface area (Å²) in [5.74, 6) is 0.0402. The van der Waals surface area contributed by atoms with E-state index in [1.165, 1.54) is 0 Å². The molecule has 0 radical (unpaired) electrons. The van der Waals surface area contributed by atoms with E-state index in [4.69, 9.17) is 0 Å². The molecule has 1 saturated heterocycles. The number of aromatic nitrogens is 3. The van der Waals surface area contributed by atoms with Gasteiger partial charge in [0.05, 0.1) is 0 Å². The van der Waals surface area contributed by atoms with Crippen molar-refractivity contribution in [3.63, 3.8) is 0 Å². The fraction of sp³-hybridized carbons (Fsp3) is 0.211. The molecule has 0 spiro atoms. The second kappa shape index (κ2) is 6.76. The molecule has 1 amide bonds. The predicted octanol–water partition coefficient (Wildman–Crippen LogP) is 2.87. The second-order valence-corrected chi connectivity index (χ2v) is 6.09. The van der Waals surface area contributed by atoms with Crippen LogP contribution in [-0.2, 0) is 4.79 Å². The van der Waals surface area contributed by atoms with Gasteiger partial charge in [-0.2, -0.15) is 0 Å². The van der Waals surface area contributed by atoms with Crippen LogP contribution in [0.4, 0.5) is 11.4 Å². The van der Waals surface area contributed by atoms with E-state index in [1.807, 2.05) is 47.0 Å². The van der Waals surface area contributed by atoms with Crippen molar-refractivity contribution in [1.29, 1.82) is 0 Å². The minimum atomic E-state index is -0.125. The van der Waals surface area contributed by atoms with Crippen molar-refractivity contribution in [2.75, 3.05) is 16.8 Å². The molecule has 1 aliphatic heterocycles. The first-order valence-corrected chi connectivity index (χ1v) is 8.39. The molecule has 0 aliphatic carbocycles. The highest BCUT2D eigenvalue weighted by molar-refractivity contribution is 5.97. The van der Waals surface area contributed by atoms with Crippen LogP contribution in [0.15, 0.2) is 67.3 Å². The highest BCUT2D eigenvalue weighted by Gasteiger charge is 2.30. The highest BCUT2D eigenvalue weighted by atomic mass is 16.2. The Kier molecular flexibility index (Phi) is 4.16. The lowest BCUT2D eigenvalue weighted by molar-refractivity contribution is -0.117. The average molecular weight is 333 g/mol. The number of rotatable bonds is 4. The normalized spacial score (nSPS) is 16.8. The van der Waals surface area contributed by atoms with Crippen LogP contribution < -0.4 is 10.2 Å². The first kappa shape index (κ1) is 15.4. The largest absolute Gasteiger partial charge is 0.360 e. The van der Waals surface area contributed by atoms with Crippen LogP contribution in [-0.4, -0.2) is 33.3 Å². The molecule has 2 heterocycles. The molecule has 4 rings (SSSR count). The van der Waals surface area contributed by atoms with Crippen molar-refractivity contribution in [3.05, 3.63) is 67.3 Å². The first-order chi connectivity index (χ1) is 12.3. The molecule has 1 aliphatic rings. The van der Waals surface area contributed by atoms with Gasteiger partial charge in [-0.1, -0.05) is 18.2 Å². The quantitative estimate of drug-likeness (QED) is 0.797. The summed E-state index contributed by atoms with van der Waals surface area (Å²) in [7, 11) is 0. The molecule has 6 heteroatoms. The average Bonchev–Trinajstić information content (AvgIpc) is 3.35. The molecule has 0 saturated carbocycles. The zero-order chi connectivity index (χ0) is 17.1. The number of benzene rings is 2. The van der Waals surface area contributed by atoms with Gasteiger partial charge >= 0.3 is 0 Å². The maximum atomic E-state index is 12.7. The van der Waals surface area contributed by atoms with E-state index in [0.29, 0.717) is 0 Å². The van der Waals surface area contributed by atoms with Crippen molar-refractivity contribution in [3.8, 4) is 5.69 Å². The standard InChI is InChI=1S/C19H19N5O/c25-19(18-7-4-12-24(18)17-5-2-1-3-6-17)22-15-8-10-16(11-9-15)23-13-20-21-14-23/h1-3,5-6,8-11,13-14,18H,4,7,12H2,(H,22,25). The van der Waals surface area contributed by atoms with Crippen LogP contribution in [0.5, 0.6) is 0 Å². The van der Waals surface area contributed by atoms with E-state index in [1.54, 1.807) is 12.7 Å². The van der Waals surface area contributed by atoms with E-state index >= 15 is 0 Å².